The summed E-state index contributed by atoms with van der Waals surface area (Å²) in [6.07, 6.45) is 32.6. The Morgan fingerprint density at radius 2 is 1.00 bits per heavy atom. The van der Waals surface area contributed by atoms with Crippen LogP contribution < -0.4 is 0 Å². The summed E-state index contributed by atoms with van der Waals surface area (Å²) in [5.41, 5.74) is 2.26. The fraction of sp³-hybridized carbons (Fsp3) is 0.833. The molecule has 0 aromatic heterocycles. The molecule has 1 heteroatoms. The lowest BCUT2D eigenvalue weighted by molar-refractivity contribution is 0.136. The summed E-state index contributed by atoms with van der Waals surface area (Å²) in [6, 6.07) is 8.34. The van der Waals surface area contributed by atoms with Crippen molar-refractivity contribution in [1.29, 1.82) is 0 Å². The monoisotopic (exact) mass is 510 g/mol. The predicted octanol–water partition coefficient (Wildman–Crippen LogP) is 12.0. The van der Waals surface area contributed by atoms with E-state index in [1.807, 2.05) is 12.1 Å². The van der Waals surface area contributed by atoms with Crippen molar-refractivity contribution in [2.24, 2.45) is 29.6 Å². The molecular weight excluding hydrogens is 451 g/mol. The number of rotatable bonds is 14. The molecule has 0 nitrogen and oxygen atoms in total. The third kappa shape index (κ3) is 9.69. The van der Waals surface area contributed by atoms with Gasteiger partial charge in [0.25, 0.3) is 0 Å². The number of halogens is 1. The number of hydrogen-bond donors (Lipinski definition) is 0. The summed E-state index contributed by atoms with van der Waals surface area (Å²) in [5, 5.41) is 0. The zero-order valence-electron chi connectivity index (χ0n) is 24.4. The van der Waals surface area contributed by atoms with Gasteiger partial charge in [0.2, 0.25) is 0 Å². The molecule has 210 valence electrons. The van der Waals surface area contributed by atoms with Gasteiger partial charge in [-0.05, 0) is 98.0 Å². The van der Waals surface area contributed by atoms with Gasteiger partial charge in [-0.15, -0.1) is 0 Å². The van der Waals surface area contributed by atoms with Crippen LogP contribution in [0.1, 0.15) is 165 Å². The van der Waals surface area contributed by atoms with Gasteiger partial charge in [0.15, 0.2) is 0 Å². The molecule has 0 aliphatic heterocycles. The van der Waals surface area contributed by atoms with Gasteiger partial charge in [0, 0.05) is 0 Å². The van der Waals surface area contributed by atoms with E-state index in [0.717, 1.165) is 35.2 Å². The zero-order valence-corrected chi connectivity index (χ0v) is 24.4. The first-order valence-electron chi connectivity index (χ1n) is 16.9. The molecule has 0 saturated heterocycles. The Kier molecular flexibility index (Phi) is 12.8. The predicted molar refractivity (Wildman–Crippen MR) is 159 cm³/mol. The first kappa shape index (κ1) is 29.1. The topological polar surface area (TPSA) is 0 Å². The molecule has 0 bridgehead atoms. The Bertz CT molecular complexity index is 699. The van der Waals surface area contributed by atoms with Crippen molar-refractivity contribution < 1.29 is 4.39 Å². The molecule has 3 aliphatic carbocycles. The lowest BCUT2D eigenvalue weighted by Gasteiger charge is -2.38. The van der Waals surface area contributed by atoms with Crippen LogP contribution in [-0.4, -0.2) is 0 Å². The van der Waals surface area contributed by atoms with Crippen molar-refractivity contribution in [1.82, 2.24) is 0 Å². The third-order valence-electron chi connectivity index (χ3n) is 11.1. The smallest absolute Gasteiger partial charge is 0.115 e. The molecule has 3 fully saturated rings. The molecule has 37 heavy (non-hydrogen) atoms. The van der Waals surface area contributed by atoms with Gasteiger partial charge in [0.1, 0.15) is 6.67 Å². The van der Waals surface area contributed by atoms with Crippen molar-refractivity contribution in [3.8, 4) is 0 Å². The van der Waals surface area contributed by atoms with Crippen molar-refractivity contribution in [3.05, 3.63) is 35.4 Å². The number of unbranched alkanes of at least 4 members (excludes halogenated alkanes) is 6. The third-order valence-corrected chi connectivity index (χ3v) is 11.1. The maximum atomic E-state index is 12.8. The van der Waals surface area contributed by atoms with Gasteiger partial charge in [-0.25, -0.2) is 4.39 Å². The second-order valence-electron chi connectivity index (χ2n) is 13.6. The number of alkyl halides is 1. The van der Waals surface area contributed by atoms with E-state index in [1.165, 1.54) is 108 Å². The molecule has 0 atom stereocenters. The molecule has 1 aromatic rings. The van der Waals surface area contributed by atoms with E-state index in [9.17, 15) is 4.39 Å². The minimum atomic E-state index is -0.338. The first-order valence-corrected chi connectivity index (χ1v) is 16.9. The van der Waals surface area contributed by atoms with Crippen LogP contribution in [0.2, 0.25) is 0 Å². The molecule has 4 rings (SSSR count). The van der Waals surface area contributed by atoms with E-state index in [-0.39, 0.29) is 6.67 Å². The maximum absolute atomic E-state index is 12.8. The van der Waals surface area contributed by atoms with E-state index < -0.39 is 0 Å². The molecule has 0 spiro atoms. The average molecular weight is 511 g/mol. The highest BCUT2D eigenvalue weighted by Crippen LogP contribution is 2.44. The van der Waals surface area contributed by atoms with Crippen molar-refractivity contribution in [2.45, 2.75) is 161 Å². The van der Waals surface area contributed by atoms with E-state index in [1.54, 1.807) is 38.5 Å². The Labute approximate surface area is 230 Å². The second-order valence-corrected chi connectivity index (χ2v) is 13.6. The largest absolute Gasteiger partial charge is 0.246 e. The van der Waals surface area contributed by atoms with Crippen LogP contribution in [0.25, 0.3) is 0 Å². The van der Waals surface area contributed by atoms with Crippen LogP contribution >= 0.6 is 0 Å². The summed E-state index contributed by atoms with van der Waals surface area (Å²) in [4.78, 5) is 0. The molecular formula is C36H59F. The number of benzene rings is 1. The van der Waals surface area contributed by atoms with Crippen LogP contribution in [0.15, 0.2) is 24.3 Å². The highest BCUT2D eigenvalue weighted by molar-refractivity contribution is 5.25. The quantitative estimate of drug-likeness (QED) is 0.218. The fourth-order valence-electron chi connectivity index (χ4n) is 8.42. The Morgan fingerprint density at radius 1 is 0.541 bits per heavy atom. The summed E-state index contributed by atoms with van der Waals surface area (Å²) < 4.78 is 12.8. The van der Waals surface area contributed by atoms with Gasteiger partial charge >= 0.3 is 0 Å². The number of hydrogen-bond acceptors (Lipinski definition) is 0. The van der Waals surface area contributed by atoms with Gasteiger partial charge in [-0.3, -0.25) is 0 Å². The maximum Gasteiger partial charge on any atom is 0.115 e. The van der Waals surface area contributed by atoms with Gasteiger partial charge in [-0.2, -0.15) is 0 Å². The van der Waals surface area contributed by atoms with Crippen LogP contribution in [-0.2, 0) is 6.67 Å². The minimum Gasteiger partial charge on any atom is -0.246 e. The SMILES string of the molecule is CCCCCCCCC[C@H]1CC[C@H]([C@H]2CC[C@H](CC[C@H]3CC[C@H](c4ccc(CF)cc4)CC3)CC2)CC1. The molecule has 0 amide bonds. The molecule has 3 aliphatic rings. The normalized spacial score (nSPS) is 30.9. The molecule has 3 saturated carbocycles. The van der Waals surface area contributed by atoms with Gasteiger partial charge < -0.3 is 0 Å². The minimum absolute atomic E-state index is 0.338. The summed E-state index contributed by atoms with van der Waals surface area (Å²) >= 11 is 0. The summed E-state index contributed by atoms with van der Waals surface area (Å²) in [5.74, 6) is 5.90. The van der Waals surface area contributed by atoms with Gasteiger partial charge in [-0.1, -0.05) is 121 Å². The highest BCUT2D eigenvalue weighted by atomic mass is 19.1. The van der Waals surface area contributed by atoms with Crippen molar-refractivity contribution in [3.63, 3.8) is 0 Å². The summed E-state index contributed by atoms with van der Waals surface area (Å²) in [6.45, 7) is 1.98. The molecule has 1 aromatic carbocycles. The van der Waals surface area contributed by atoms with Crippen molar-refractivity contribution in [2.75, 3.05) is 0 Å². The second kappa shape index (κ2) is 16.3. The lowest BCUT2D eigenvalue weighted by atomic mass is 9.67. The summed E-state index contributed by atoms with van der Waals surface area (Å²) in [7, 11) is 0. The highest BCUT2D eigenvalue weighted by Gasteiger charge is 2.31. The average Bonchev–Trinajstić information content (AvgIpc) is 2.96. The standard InChI is InChI=1S/C36H59F/c1-2-3-4-5-6-7-8-9-29-12-20-33(21-13-29)34-22-14-30(15-23-34)10-11-31-16-24-35(25-17-31)36-26-18-32(28-37)19-27-36/h18-19,26-27,29-31,33-35H,2-17,20-25,28H2,1H3/t29-,30-,31-,33-,34-,35-. The zero-order chi connectivity index (χ0) is 25.7. The Balaban J connectivity index is 1.03. The fourth-order valence-corrected chi connectivity index (χ4v) is 8.42. The van der Waals surface area contributed by atoms with Crippen LogP contribution in [0, 0.1) is 29.6 Å². The van der Waals surface area contributed by atoms with E-state index in [0.29, 0.717) is 5.92 Å². The lowest BCUT2D eigenvalue weighted by Crippen LogP contribution is -2.26. The van der Waals surface area contributed by atoms with Crippen LogP contribution in [0.5, 0.6) is 0 Å². The Hall–Kier alpha value is -0.850. The first-order chi connectivity index (χ1) is 18.2. The van der Waals surface area contributed by atoms with Crippen LogP contribution in [0.4, 0.5) is 4.39 Å². The molecule has 0 radical (unpaired) electrons. The van der Waals surface area contributed by atoms with E-state index in [2.05, 4.69) is 19.1 Å². The van der Waals surface area contributed by atoms with Crippen LogP contribution in [0.3, 0.4) is 0 Å². The molecule has 0 unspecified atom stereocenters. The molecule has 0 N–H and O–H groups in total. The van der Waals surface area contributed by atoms with Gasteiger partial charge in [0.05, 0.1) is 0 Å². The van der Waals surface area contributed by atoms with E-state index in [4.69, 9.17) is 0 Å². The Morgan fingerprint density at radius 3 is 1.51 bits per heavy atom. The van der Waals surface area contributed by atoms with Crippen molar-refractivity contribution >= 4 is 0 Å². The molecule has 0 heterocycles. The van der Waals surface area contributed by atoms with E-state index >= 15 is 0 Å².